The molecule has 0 radical (unpaired) electrons. The van der Waals surface area contributed by atoms with Crippen molar-refractivity contribution < 1.29 is 15.2 Å². The Morgan fingerprint density at radius 3 is 1.50 bits per heavy atom. The van der Waals surface area contributed by atoms with E-state index < -0.39 is 5.97 Å². The maximum absolute atomic E-state index is 12.1. The van der Waals surface area contributed by atoms with Crippen LogP contribution in [0.25, 0.3) is 0 Å². The monoisotopic (exact) mass is 549 g/mol. The Morgan fingerprint density at radius 1 is 0.575 bits per heavy atom. The Balaban J connectivity index is 1.95. The smallest absolute Gasteiger partial charge is 0.147 e. The second kappa shape index (κ2) is 22.5. The van der Waals surface area contributed by atoms with E-state index in [1.807, 2.05) is 18.2 Å². The molecule has 0 heterocycles. The minimum Gasteiger partial charge on any atom is -0.545 e. The van der Waals surface area contributed by atoms with Gasteiger partial charge in [-0.3, -0.25) is 5.32 Å². The number of aromatic carboxylic acids is 1. The van der Waals surface area contributed by atoms with Gasteiger partial charge in [0.15, 0.2) is 0 Å². The molecule has 224 valence electrons. The van der Waals surface area contributed by atoms with Gasteiger partial charge in [0, 0.05) is 5.56 Å². The zero-order valence-electron chi connectivity index (χ0n) is 26.0. The van der Waals surface area contributed by atoms with Crippen molar-refractivity contribution in [1.29, 1.82) is 0 Å². The molecule has 2 N–H and O–H groups in total. The van der Waals surface area contributed by atoms with Crippen LogP contribution in [0.5, 0.6) is 0 Å². The molecule has 40 heavy (non-hydrogen) atoms. The molecule has 2 rings (SSSR count). The minimum atomic E-state index is -1.07. The van der Waals surface area contributed by atoms with Crippen LogP contribution in [0.1, 0.15) is 164 Å². The van der Waals surface area contributed by atoms with Gasteiger partial charge in [0.05, 0.1) is 11.5 Å². The summed E-state index contributed by atoms with van der Waals surface area (Å²) in [6.45, 7) is 4.55. The Labute approximate surface area is 246 Å². The molecule has 0 bridgehead atoms. The fourth-order valence-electron chi connectivity index (χ4n) is 5.89. The van der Waals surface area contributed by atoms with Crippen LogP contribution < -0.4 is 10.4 Å². The van der Waals surface area contributed by atoms with E-state index in [0.29, 0.717) is 5.56 Å². The lowest BCUT2D eigenvalue weighted by Crippen LogP contribution is -2.72. The molecule has 0 spiro atoms. The van der Waals surface area contributed by atoms with E-state index in [-0.39, 0.29) is 0 Å². The van der Waals surface area contributed by atoms with Crippen molar-refractivity contribution in [2.75, 3.05) is 0 Å². The highest BCUT2D eigenvalue weighted by atomic mass is 16.4. The van der Waals surface area contributed by atoms with Gasteiger partial charge in [-0.2, -0.15) is 0 Å². The molecule has 0 saturated heterocycles. The SMILES string of the molecule is CCCCCCCCCCCCc1ccc(C(=O)[O-])c([NH2+]c2ccccc2)c1CCCCCCCCCCCC. The summed E-state index contributed by atoms with van der Waals surface area (Å²) in [6, 6.07) is 14.0. The van der Waals surface area contributed by atoms with Crippen molar-refractivity contribution in [3.63, 3.8) is 0 Å². The summed E-state index contributed by atoms with van der Waals surface area (Å²) >= 11 is 0. The quantitative estimate of drug-likeness (QED) is 0.0990. The van der Waals surface area contributed by atoms with Crippen LogP contribution in [-0.4, -0.2) is 5.97 Å². The number of carbonyl (C=O) groups excluding carboxylic acids is 1. The number of carboxylic acids is 1. The first-order valence-corrected chi connectivity index (χ1v) is 16.9. The first kappa shape index (κ1) is 34.1. The number of unbranched alkanes of at least 4 members (excludes halogenated alkanes) is 18. The maximum atomic E-state index is 12.1. The number of para-hydroxylation sites is 1. The molecule has 2 aromatic rings. The molecule has 2 aromatic carbocycles. The number of quaternary nitrogens is 1. The van der Waals surface area contributed by atoms with E-state index in [1.54, 1.807) is 6.07 Å². The van der Waals surface area contributed by atoms with E-state index in [1.165, 1.54) is 133 Å². The van der Waals surface area contributed by atoms with E-state index in [0.717, 1.165) is 30.6 Å². The molecular weight excluding hydrogens is 490 g/mol. The highest BCUT2D eigenvalue weighted by molar-refractivity contribution is 5.91. The normalized spacial score (nSPS) is 11.2. The largest absolute Gasteiger partial charge is 0.545 e. The number of hydrogen-bond donors (Lipinski definition) is 1. The van der Waals surface area contributed by atoms with Crippen LogP contribution in [0.15, 0.2) is 42.5 Å². The lowest BCUT2D eigenvalue weighted by molar-refractivity contribution is -0.479. The number of benzene rings is 2. The first-order valence-electron chi connectivity index (χ1n) is 16.9. The number of carbonyl (C=O) groups is 1. The second-order valence-electron chi connectivity index (χ2n) is 11.9. The zero-order chi connectivity index (χ0) is 28.7. The molecule has 0 saturated carbocycles. The molecule has 0 atom stereocenters. The van der Waals surface area contributed by atoms with Gasteiger partial charge in [-0.25, -0.2) is 0 Å². The molecule has 0 amide bonds. The number of hydrogen-bond acceptors (Lipinski definition) is 2. The Hall–Kier alpha value is -2.13. The van der Waals surface area contributed by atoms with Crippen molar-refractivity contribution in [3.8, 4) is 0 Å². The first-order chi connectivity index (χ1) is 19.7. The van der Waals surface area contributed by atoms with Crippen molar-refractivity contribution >= 4 is 17.3 Å². The molecule has 0 aliphatic carbocycles. The third-order valence-corrected chi connectivity index (χ3v) is 8.36. The Bertz CT molecular complexity index is 908. The summed E-state index contributed by atoms with van der Waals surface area (Å²) in [6.07, 6.45) is 28.4. The fourth-order valence-corrected chi connectivity index (χ4v) is 5.89. The van der Waals surface area contributed by atoms with Gasteiger partial charge in [-0.1, -0.05) is 154 Å². The average molecular weight is 550 g/mol. The predicted octanol–water partition coefficient (Wildman–Crippen LogP) is 9.50. The fraction of sp³-hybridized carbons (Fsp3) is 0.649. The van der Waals surface area contributed by atoms with Crippen LogP contribution in [-0.2, 0) is 12.8 Å². The molecular formula is C37H59NO2. The summed E-state index contributed by atoms with van der Waals surface area (Å²) in [5.74, 6) is -1.07. The van der Waals surface area contributed by atoms with Crippen LogP contribution >= 0.6 is 0 Å². The highest BCUT2D eigenvalue weighted by Gasteiger charge is 2.18. The van der Waals surface area contributed by atoms with Crippen LogP contribution in [0.4, 0.5) is 11.4 Å². The van der Waals surface area contributed by atoms with Gasteiger partial charge in [0.2, 0.25) is 0 Å². The lowest BCUT2D eigenvalue weighted by atomic mass is 9.92. The van der Waals surface area contributed by atoms with Crippen LogP contribution in [0, 0.1) is 0 Å². The third-order valence-electron chi connectivity index (χ3n) is 8.36. The Morgan fingerprint density at radius 2 is 1.02 bits per heavy atom. The maximum Gasteiger partial charge on any atom is 0.147 e. The van der Waals surface area contributed by atoms with Crippen LogP contribution in [0.2, 0.25) is 0 Å². The van der Waals surface area contributed by atoms with Gasteiger partial charge in [0.1, 0.15) is 11.4 Å². The number of carboxylic acid groups (broad SMARTS) is 1. The van der Waals surface area contributed by atoms with E-state index in [9.17, 15) is 9.90 Å². The average Bonchev–Trinajstić information content (AvgIpc) is 2.96. The molecule has 0 aliphatic rings. The third kappa shape index (κ3) is 14.5. The predicted molar refractivity (Wildman–Crippen MR) is 170 cm³/mol. The van der Waals surface area contributed by atoms with Crippen molar-refractivity contribution in [3.05, 3.63) is 59.2 Å². The topological polar surface area (TPSA) is 56.7 Å². The lowest BCUT2D eigenvalue weighted by Gasteiger charge is -2.18. The van der Waals surface area contributed by atoms with Crippen LogP contribution in [0.3, 0.4) is 0 Å². The van der Waals surface area contributed by atoms with Gasteiger partial charge in [-0.05, 0) is 49.4 Å². The summed E-state index contributed by atoms with van der Waals surface area (Å²) in [4.78, 5) is 12.1. The molecule has 3 heteroatoms. The van der Waals surface area contributed by atoms with Gasteiger partial charge < -0.3 is 9.90 Å². The number of nitrogens with two attached hydrogens (primary N) is 1. The zero-order valence-corrected chi connectivity index (χ0v) is 26.0. The van der Waals surface area contributed by atoms with Gasteiger partial charge in [0.25, 0.3) is 0 Å². The van der Waals surface area contributed by atoms with Gasteiger partial charge in [-0.15, -0.1) is 0 Å². The summed E-state index contributed by atoms with van der Waals surface area (Å²) in [5.41, 5.74) is 4.82. The molecule has 0 unspecified atom stereocenters. The highest BCUT2D eigenvalue weighted by Crippen LogP contribution is 2.27. The summed E-state index contributed by atoms with van der Waals surface area (Å²) in [7, 11) is 0. The van der Waals surface area contributed by atoms with E-state index in [2.05, 4.69) is 37.4 Å². The summed E-state index contributed by atoms with van der Waals surface area (Å²) in [5, 5.41) is 14.2. The van der Waals surface area contributed by atoms with E-state index in [4.69, 9.17) is 0 Å². The van der Waals surface area contributed by atoms with E-state index >= 15 is 0 Å². The molecule has 0 aliphatic heterocycles. The van der Waals surface area contributed by atoms with Crippen molar-refractivity contribution in [2.45, 2.75) is 155 Å². The number of aryl methyl sites for hydroxylation is 1. The molecule has 0 fully saturated rings. The van der Waals surface area contributed by atoms with Gasteiger partial charge >= 0.3 is 0 Å². The molecule has 3 nitrogen and oxygen atoms in total. The second-order valence-corrected chi connectivity index (χ2v) is 11.9. The molecule has 0 aromatic heterocycles. The Kier molecular flexibility index (Phi) is 19.2. The van der Waals surface area contributed by atoms with Crippen molar-refractivity contribution in [2.24, 2.45) is 0 Å². The number of rotatable bonds is 25. The summed E-state index contributed by atoms with van der Waals surface area (Å²) < 4.78 is 0. The minimum absolute atomic E-state index is 0.331. The van der Waals surface area contributed by atoms with Crippen molar-refractivity contribution in [1.82, 2.24) is 0 Å². The standard InChI is InChI=1S/C37H59NO2/c1-3-5-7-9-11-13-15-17-19-22-26-32-30-31-35(37(39)40)36(38-33-27-23-21-24-28-33)34(32)29-25-20-18-16-14-12-10-8-6-4-2/h21,23-24,27-28,30-31,38H,3-20,22,25-26,29H2,1-2H3,(H,39,40).